The molecule has 1 aromatic carbocycles. The van der Waals surface area contributed by atoms with Gasteiger partial charge in [0.05, 0.1) is 6.10 Å². The van der Waals surface area contributed by atoms with Crippen molar-refractivity contribution in [2.24, 2.45) is 0 Å². The molecule has 1 nitrogen and oxygen atoms in total. The molecule has 76 valence electrons. The Kier molecular flexibility index (Phi) is 3.01. The number of aliphatic hydroxyl groups excluding tert-OH is 1. The van der Waals surface area contributed by atoms with E-state index in [1.165, 1.54) is 0 Å². The Labute approximate surface area is 93.7 Å². The Morgan fingerprint density at radius 2 is 1.86 bits per heavy atom. The molecule has 0 radical (unpaired) electrons. The highest BCUT2D eigenvalue weighted by molar-refractivity contribution is 6.34. The first-order chi connectivity index (χ1) is 6.70. The first kappa shape index (κ1) is 10.3. The standard InChI is InChI=1S/C11H12Cl2O/c12-8-5-6-9(13)11-7(8)3-1-2-4-10(11)14/h5-6,10,14H,1-4H2/t10-/m0/s1. The van der Waals surface area contributed by atoms with Crippen molar-refractivity contribution in [3.8, 4) is 0 Å². The second-order valence-electron chi connectivity index (χ2n) is 3.68. The van der Waals surface area contributed by atoms with Gasteiger partial charge in [0.15, 0.2) is 0 Å². The van der Waals surface area contributed by atoms with E-state index in [4.69, 9.17) is 23.2 Å². The third kappa shape index (κ3) is 1.77. The van der Waals surface area contributed by atoms with Gasteiger partial charge in [-0.1, -0.05) is 29.6 Å². The molecule has 1 atom stereocenters. The molecule has 0 unspecified atom stereocenters. The smallest absolute Gasteiger partial charge is 0.0807 e. The number of benzene rings is 1. The third-order valence-electron chi connectivity index (χ3n) is 2.73. The lowest BCUT2D eigenvalue weighted by Crippen LogP contribution is -2.00. The Bertz CT molecular complexity index is 349. The average Bonchev–Trinajstić information content (AvgIpc) is 2.35. The van der Waals surface area contributed by atoms with E-state index < -0.39 is 6.10 Å². The first-order valence-electron chi connectivity index (χ1n) is 4.85. The molecule has 0 heterocycles. The molecule has 1 aromatic rings. The molecular formula is C11H12Cl2O. The molecule has 0 spiro atoms. The van der Waals surface area contributed by atoms with Gasteiger partial charge in [-0.3, -0.25) is 0 Å². The summed E-state index contributed by atoms with van der Waals surface area (Å²) in [6.07, 6.45) is 3.37. The summed E-state index contributed by atoms with van der Waals surface area (Å²) in [4.78, 5) is 0. The van der Waals surface area contributed by atoms with Gasteiger partial charge in [-0.15, -0.1) is 0 Å². The average molecular weight is 231 g/mol. The van der Waals surface area contributed by atoms with E-state index in [0.717, 1.165) is 41.8 Å². The van der Waals surface area contributed by atoms with Crippen LogP contribution in [-0.2, 0) is 6.42 Å². The number of halogens is 2. The van der Waals surface area contributed by atoms with Crippen LogP contribution in [0.4, 0.5) is 0 Å². The van der Waals surface area contributed by atoms with Crippen LogP contribution in [0.3, 0.4) is 0 Å². The number of hydrogen-bond donors (Lipinski definition) is 1. The molecule has 0 aromatic heterocycles. The summed E-state index contributed by atoms with van der Waals surface area (Å²) in [6.45, 7) is 0. The van der Waals surface area contributed by atoms with Crippen molar-refractivity contribution in [3.05, 3.63) is 33.3 Å². The molecule has 1 aliphatic rings. The van der Waals surface area contributed by atoms with Crippen molar-refractivity contribution >= 4 is 23.2 Å². The van der Waals surface area contributed by atoms with Gasteiger partial charge >= 0.3 is 0 Å². The number of fused-ring (bicyclic) bond motifs is 1. The van der Waals surface area contributed by atoms with Gasteiger partial charge in [-0.05, 0) is 37.0 Å². The molecule has 2 rings (SSSR count). The number of aliphatic hydroxyl groups is 1. The predicted octanol–water partition coefficient (Wildman–Crippen LogP) is 3.75. The van der Waals surface area contributed by atoms with Gasteiger partial charge in [0.2, 0.25) is 0 Å². The lowest BCUT2D eigenvalue weighted by molar-refractivity contribution is 0.167. The van der Waals surface area contributed by atoms with Crippen molar-refractivity contribution < 1.29 is 5.11 Å². The highest BCUT2D eigenvalue weighted by Crippen LogP contribution is 2.37. The van der Waals surface area contributed by atoms with E-state index in [1.807, 2.05) is 0 Å². The molecule has 14 heavy (non-hydrogen) atoms. The maximum absolute atomic E-state index is 9.90. The Morgan fingerprint density at radius 3 is 2.64 bits per heavy atom. The van der Waals surface area contributed by atoms with E-state index in [-0.39, 0.29) is 0 Å². The van der Waals surface area contributed by atoms with E-state index >= 15 is 0 Å². The van der Waals surface area contributed by atoms with Gasteiger partial charge in [-0.25, -0.2) is 0 Å². The van der Waals surface area contributed by atoms with Crippen LogP contribution in [0.2, 0.25) is 10.0 Å². The van der Waals surface area contributed by atoms with Crippen molar-refractivity contribution in [3.63, 3.8) is 0 Å². The summed E-state index contributed by atoms with van der Waals surface area (Å²) in [5.74, 6) is 0. The molecule has 0 saturated carbocycles. The summed E-state index contributed by atoms with van der Waals surface area (Å²) in [5.41, 5.74) is 1.88. The Morgan fingerprint density at radius 1 is 1.14 bits per heavy atom. The second kappa shape index (κ2) is 4.09. The van der Waals surface area contributed by atoms with Crippen LogP contribution in [0.15, 0.2) is 12.1 Å². The molecular weight excluding hydrogens is 219 g/mol. The van der Waals surface area contributed by atoms with Gasteiger partial charge in [0.1, 0.15) is 0 Å². The minimum atomic E-state index is -0.446. The van der Waals surface area contributed by atoms with Crippen LogP contribution in [0.25, 0.3) is 0 Å². The van der Waals surface area contributed by atoms with Gasteiger partial charge in [-0.2, -0.15) is 0 Å². The minimum Gasteiger partial charge on any atom is -0.388 e. The largest absolute Gasteiger partial charge is 0.388 e. The fourth-order valence-corrected chi connectivity index (χ4v) is 2.57. The zero-order valence-electron chi connectivity index (χ0n) is 7.76. The fraction of sp³-hybridized carbons (Fsp3) is 0.455. The van der Waals surface area contributed by atoms with Crippen molar-refractivity contribution in [1.82, 2.24) is 0 Å². The molecule has 3 heteroatoms. The van der Waals surface area contributed by atoms with Crippen molar-refractivity contribution in [2.45, 2.75) is 31.8 Å². The predicted molar refractivity (Wildman–Crippen MR) is 59.0 cm³/mol. The zero-order valence-corrected chi connectivity index (χ0v) is 9.28. The van der Waals surface area contributed by atoms with E-state index in [1.54, 1.807) is 12.1 Å². The SMILES string of the molecule is O[C@H]1CCCCc2c(Cl)ccc(Cl)c21. The third-order valence-corrected chi connectivity index (χ3v) is 3.42. The molecule has 0 amide bonds. The quantitative estimate of drug-likeness (QED) is 0.674. The van der Waals surface area contributed by atoms with Crippen LogP contribution in [0.1, 0.15) is 36.5 Å². The highest BCUT2D eigenvalue weighted by atomic mass is 35.5. The lowest BCUT2D eigenvalue weighted by Gasteiger charge is -2.14. The van der Waals surface area contributed by atoms with Crippen LogP contribution in [0.5, 0.6) is 0 Å². The topological polar surface area (TPSA) is 20.2 Å². The highest BCUT2D eigenvalue weighted by Gasteiger charge is 2.21. The normalized spacial score (nSPS) is 21.5. The summed E-state index contributed by atoms with van der Waals surface area (Å²) < 4.78 is 0. The molecule has 0 fully saturated rings. The van der Waals surface area contributed by atoms with Gasteiger partial charge < -0.3 is 5.11 Å². The summed E-state index contributed by atoms with van der Waals surface area (Å²) in [6, 6.07) is 3.57. The fourth-order valence-electron chi connectivity index (χ4n) is 2.01. The number of hydrogen-bond acceptors (Lipinski definition) is 1. The van der Waals surface area contributed by atoms with Gasteiger partial charge in [0.25, 0.3) is 0 Å². The molecule has 0 aliphatic heterocycles. The summed E-state index contributed by atoms with van der Waals surface area (Å²) >= 11 is 12.1. The number of rotatable bonds is 0. The van der Waals surface area contributed by atoms with Crippen LogP contribution in [-0.4, -0.2) is 5.11 Å². The monoisotopic (exact) mass is 230 g/mol. The summed E-state index contributed by atoms with van der Waals surface area (Å²) in [5, 5.41) is 11.3. The van der Waals surface area contributed by atoms with Crippen LogP contribution in [0, 0.1) is 0 Å². The Hall–Kier alpha value is -0.240. The molecule has 1 N–H and O–H groups in total. The zero-order chi connectivity index (χ0) is 10.1. The van der Waals surface area contributed by atoms with E-state index in [2.05, 4.69) is 0 Å². The molecule has 1 aliphatic carbocycles. The Balaban J connectivity index is 2.57. The summed E-state index contributed by atoms with van der Waals surface area (Å²) in [7, 11) is 0. The van der Waals surface area contributed by atoms with Crippen LogP contribution >= 0.6 is 23.2 Å². The molecule has 0 bridgehead atoms. The van der Waals surface area contributed by atoms with Gasteiger partial charge in [0, 0.05) is 15.6 Å². The lowest BCUT2D eigenvalue weighted by atomic mass is 10.0. The second-order valence-corrected chi connectivity index (χ2v) is 4.50. The van der Waals surface area contributed by atoms with Crippen LogP contribution < -0.4 is 0 Å². The van der Waals surface area contributed by atoms with E-state index in [0.29, 0.717) is 5.02 Å². The van der Waals surface area contributed by atoms with Crippen molar-refractivity contribution in [1.29, 1.82) is 0 Å². The maximum Gasteiger partial charge on any atom is 0.0807 e. The maximum atomic E-state index is 9.90. The van der Waals surface area contributed by atoms with E-state index in [9.17, 15) is 5.11 Å². The minimum absolute atomic E-state index is 0.446. The molecule has 0 saturated heterocycles. The van der Waals surface area contributed by atoms with Crippen molar-refractivity contribution in [2.75, 3.05) is 0 Å². The first-order valence-corrected chi connectivity index (χ1v) is 5.60.